The molecule has 1 saturated carbocycles. The Morgan fingerprint density at radius 1 is 1.12 bits per heavy atom. The highest BCUT2D eigenvalue weighted by Crippen LogP contribution is 2.19. The number of hydrogen-bond donors (Lipinski definition) is 1. The molecular weight excluding hydrogens is 330 g/mol. The minimum atomic E-state index is -0.668. The third-order valence-electron chi connectivity index (χ3n) is 4.69. The van der Waals surface area contributed by atoms with Gasteiger partial charge in [0.1, 0.15) is 5.75 Å². The van der Waals surface area contributed by atoms with Crippen LogP contribution in [-0.2, 0) is 9.53 Å². The lowest BCUT2D eigenvalue weighted by molar-refractivity contribution is -0.151. The molecule has 0 aromatic heterocycles. The van der Waals surface area contributed by atoms with E-state index in [1.807, 2.05) is 0 Å². The van der Waals surface area contributed by atoms with Crippen LogP contribution in [0.15, 0.2) is 24.3 Å². The van der Waals surface area contributed by atoms with E-state index in [0.29, 0.717) is 17.9 Å². The molecule has 0 saturated heterocycles. The van der Waals surface area contributed by atoms with Crippen LogP contribution < -0.4 is 10.1 Å². The molecule has 26 heavy (non-hydrogen) atoms. The van der Waals surface area contributed by atoms with E-state index in [9.17, 15) is 9.59 Å². The standard InChI is InChI=1S/C21H31NO4/c1-3-4-8-15-25-21(24)16(2)26-19-13-11-17(12-14-19)20(23)22-18-9-6-5-7-10-18/h11-14,16,18H,3-10,15H2,1-2H3,(H,22,23)/t16-/m0/s1. The van der Waals surface area contributed by atoms with E-state index in [1.165, 1.54) is 19.3 Å². The number of carbonyl (C=O) groups excluding carboxylic acids is 2. The molecule has 5 nitrogen and oxygen atoms in total. The van der Waals surface area contributed by atoms with Gasteiger partial charge < -0.3 is 14.8 Å². The average molecular weight is 361 g/mol. The number of carbonyl (C=O) groups is 2. The van der Waals surface area contributed by atoms with E-state index in [2.05, 4.69) is 12.2 Å². The van der Waals surface area contributed by atoms with Crippen molar-refractivity contribution in [1.29, 1.82) is 0 Å². The average Bonchev–Trinajstić information content (AvgIpc) is 2.66. The van der Waals surface area contributed by atoms with E-state index in [1.54, 1.807) is 31.2 Å². The van der Waals surface area contributed by atoms with Gasteiger partial charge in [-0.3, -0.25) is 4.79 Å². The van der Waals surface area contributed by atoms with Gasteiger partial charge in [0.05, 0.1) is 6.61 Å². The molecule has 0 unspecified atom stereocenters. The molecule has 1 amide bonds. The van der Waals surface area contributed by atoms with Crippen LogP contribution in [0.5, 0.6) is 5.75 Å². The van der Waals surface area contributed by atoms with E-state index < -0.39 is 6.10 Å². The van der Waals surface area contributed by atoms with Crippen molar-refractivity contribution < 1.29 is 19.1 Å². The lowest BCUT2D eigenvalue weighted by Gasteiger charge is -2.22. The molecule has 0 aliphatic heterocycles. The first kappa shape index (κ1) is 20.3. The Labute approximate surface area is 156 Å². The molecule has 1 aliphatic rings. The molecule has 1 aromatic rings. The van der Waals surface area contributed by atoms with Gasteiger partial charge in [0.15, 0.2) is 6.10 Å². The van der Waals surface area contributed by atoms with Gasteiger partial charge >= 0.3 is 5.97 Å². The van der Waals surface area contributed by atoms with E-state index in [-0.39, 0.29) is 17.9 Å². The Morgan fingerprint density at radius 3 is 2.46 bits per heavy atom. The van der Waals surface area contributed by atoms with Crippen molar-refractivity contribution >= 4 is 11.9 Å². The van der Waals surface area contributed by atoms with Crippen molar-refractivity contribution in [2.45, 2.75) is 77.4 Å². The zero-order valence-corrected chi connectivity index (χ0v) is 16.0. The smallest absolute Gasteiger partial charge is 0.347 e. The summed E-state index contributed by atoms with van der Waals surface area (Å²) >= 11 is 0. The molecule has 1 atom stereocenters. The maximum absolute atomic E-state index is 12.3. The second-order valence-corrected chi connectivity index (χ2v) is 6.97. The molecule has 1 aliphatic carbocycles. The van der Waals surface area contributed by atoms with Crippen molar-refractivity contribution in [2.75, 3.05) is 6.61 Å². The molecule has 2 rings (SSSR count). The van der Waals surface area contributed by atoms with Gasteiger partial charge in [-0.1, -0.05) is 39.0 Å². The van der Waals surface area contributed by atoms with Crippen molar-refractivity contribution in [3.05, 3.63) is 29.8 Å². The fraction of sp³-hybridized carbons (Fsp3) is 0.619. The number of rotatable bonds is 9. The highest BCUT2D eigenvalue weighted by molar-refractivity contribution is 5.94. The molecule has 0 heterocycles. The fourth-order valence-corrected chi connectivity index (χ4v) is 3.09. The van der Waals surface area contributed by atoms with Crippen molar-refractivity contribution in [2.24, 2.45) is 0 Å². The number of ether oxygens (including phenoxy) is 2. The largest absolute Gasteiger partial charge is 0.479 e. The first-order valence-corrected chi connectivity index (χ1v) is 9.84. The van der Waals surface area contributed by atoms with Gasteiger partial charge in [0, 0.05) is 11.6 Å². The first-order valence-electron chi connectivity index (χ1n) is 9.84. The first-order chi connectivity index (χ1) is 12.6. The normalized spacial score (nSPS) is 15.9. The summed E-state index contributed by atoms with van der Waals surface area (Å²) in [4.78, 5) is 24.2. The SMILES string of the molecule is CCCCCOC(=O)[C@H](C)Oc1ccc(C(=O)NC2CCCCC2)cc1. The Kier molecular flexibility index (Phi) is 8.45. The predicted molar refractivity (Wildman–Crippen MR) is 101 cm³/mol. The zero-order chi connectivity index (χ0) is 18.8. The van der Waals surface area contributed by atoms with Crippen LogP contribution in [0.1, 0.15) is 75.6 Å². The molecule has 0 bridgehead atoms. The van der Waals surface area contributed by atoms with Crippen LogP contribution in [0, 0.1) is 0 Å². The Bertz CT molecular complexity index is 564. The number of amides is 1. The molecule has 1 aromatic carbocycles. The minimum absolute atomic E-state index is 0.0492. The molecule has 1 N–H and O–H groups in total. The molecular formula is C21H31NO4. The van der Waals surface area contributed by atoms with Crippen LogP contribution in [0.25, 0.3) is 0 Å². The fourth-order valence-electron chi connectivity index (χ4n) is 3.09. The lowest BCUT2D eigenvalue weighted by Crippen LogP contribution is -2.36. The Morgan fingerprint density at radius 2 is 1.81 bits per heavy atom. The number of hydrogen-bond acceptors (Lipinski definition) is 4. The van der Waals surface area contributed by atoms with Crippen LogP contribution >= 0.6 is 0 Å². The van der Waals surface area contributed by atoms with Crippen LogP contribution in [0.3, 0.4) is 0 Å². The van der Waals surface area contributed by atoms with Gasteiger partial charge in [-0.2, -0.15) is 0 Å². The van der Waals surface area contributed by atoms with Gasteiger partial charge in [0.25, 0.3) is 5.91 Å². The summed E-state index contributed by atoms with van der Waals surface area (Å²) in [7, 11) is 0. The number of nitrogens with one attached hydrogen (secondary N) is 1. The summed E-state index contributed by atoms with van der Waals surface area (Å²) in [5.41, 5.74) is 0.609. The van der Waals surface area contributed by atoms with Crippen molar-refractivity contribution in [3.8, 4) is 5.75 Å². The molecule has 0 radical (unpaired) electrons. The number of unbranched alkanes of at least 4 members (excludes halogenated alkanes) is 2. The second-order valence-electron chi connectivity index (χ2n) is 6.97. The predicted octanol–water partition coefficient (Wildman–Crippen LogP) is 4.25. The lowest BCUT2D eigenvalue weighted by atomic mass is 9.95. The third-order valence-corrected chi connectivity index (χ3v) is 4.69. The minimum Gasteiger partial charge on any atom is -0.479 e. The van der Waals surface area contributed by atoms with Crippen molar-refractivity contribution in [3.63, 3.8) is 0 Å². The summed E-state index contributed by atoms with van der Waals surface area (Å²) in [5.74, 6) is 0.143. The highest BCUT2D eigenvalue weighted by atomic mass is 16.6. The second kappa shape index (κ2) is 10.8. The summed E-state index contributed by atoms with van der Waals surface area (Å²) in [6.07, 6.45) is 8.09. The monoisotopic (exact) mass is 361 g/mol. The molecule has 5 heteroatoms. The van der Waals surface area contributed by atoms with Crippen molar-refractivity contribution in [1.82, 2.24) is 5.32 Å². The number of esters is 1. The maximum Gasteiger partial charge on any atom is 0.347 e. The zero-order valence-electron chi connectivity index (χ0n) is 16.0. The van der Waals surface area contributed by atoms with Gasteiger partial charge in [0.2, 0.25) is 0 Å². The summed E-state index contributed by atoms with van der Waals surface area (Å²) < 4.78 is 10.8. The quantitative estimate of drug-likeness (QED) is 0.527. The Balaban J connectivity index is 1.78. The summed E-state index contributed by atoms with van der Waals surface area (Å²) in [5, 5.41) is 3.09. The van der Waals surface area contributed by atoms with Crippen LogP contribution in [-0.4, -0.2) is 30.6 Å². The molecule has 144 valence electrons. The van der Waals surface area contributed by atoms with Gasteiger partial charge in [-0.05, 0) is 50.5 Å². The molecule has 0 spiro atoms. The van der Waals surface area contributed by atoms with Crippen LogP contribution in [0.4, 0.5) is 0 Å². The van der Waals surface area contributed by atoms with E-state index in [4.69, 9.17) is 9.47 Å². The van der Waals surface area contributed by atoms with Gasteiger partial charge in [-0.15, -0.1) is 0 Å². The number of benzene rings is 1. The summed E-state index contributed by atoms with van der Waals surface area (Å²) in [6.45, 7) is 4.21. The van der Waals surface area contributed by atoms with Crippen LogP contribution in [0.2, 0.25) is 0 Å². The Hall–Kier alpha value is -2.04. The highest BCUT2D eigenvalue weighted by Gasteiger charge is 2.18. The maximum atomic E-state index is 12.3. The summed E-state index contributed by atoms with van der Waals surface area (Å²) in [6, 6.07) is 7.18. The van der Waals surface area contributed by atoms with E-state index >= 15 is 0 Å². The van der Waals surface area contributed by atoms with E-state index in [0.717, 1.165) is 32.1 Å². The van der Waals surface area contributed by atoms with Gasteiger partial charge in [-0.25, -0.2) is 4.79 Å². The third kappa shape index (κ3) is 6.70. The molecule has 1 fully saturated rings. The topological polar surface area (TPSA) is 64.6 Å².